The van der Waals surface area contributed by atoms with Gasteiger partial charge >= 0.3 is 0 Å². The van der Waals surface area contributed by atoms with Crippen LogP contribution >= 0.6 is 11.3 Å². The number of likely N-dealkylation sites (tertiary alicyclic amines) is 1. The summed E-state index contributed by atoms with van der Waals surface area (Å²) in [4.78, 5) is 15.5. The summed E-state index contributed by atoms with van der Waals surface area (Å²) in [6, 6.07) is 4.53. The van der Waals surface area contributed by atoms with E-state index in [0.717, 1.165) is 25.9 Å². The van der Waals surface area contributed by atoms with Crippen LogP contribution in [0.15, 0.2) is 17.5 Å². The zero-order valence-corrected chi connectivity index (χ0v) is 12.1. The number of carbonyl (C=O) groups is 1. The molecular formula is C14H23N3OS. The molecule has 0 aromatic carbocycles. The Hall–Kier alpha value is -0.910. The normalized spacial score (nSPS) is 20.4. The van der Waals surface area contributed by atoms with Crippen molar-refractivity contribution in [2.75, 3.05) is 26.2 Å². The molecule has 0 spiro atoms. The van der Waals surface area contributed by atoms with Crippen molar-refractivity contribution in [3.63, 3.8) is 0 Å². The first-order valence-corrected chi connectivity index (χ1v) is 7.91. The van der Waals surface area contributed by atoms with Gasteiger partial charge in [-0.25, -0.2) is 0 Å². The molecule has 0 radical (unpaired) electrons. The van der Waals surface area contributed by atoms with E-state index in [-0.39, 0.29) is 5.91 Å². The Morgan fingerprint density at radius 3 is 3.16 bits per heavy atom. The molecule has 1 aromatic rings. The highest BCUT2D eigenvalue weighted by atomic mass is 32.1. The van der Waals surface area contributed by atoms with Crippen LogP contribution in [0.4, 0.5) is 0 Å². The van der Waals surface area contributed by atoms with Gasteiger partial charge in [-0.2, -0.15) is 0 Å². The molecule has 1 amide bonds. The first-order chi connectivity index (χ1) is 9.29. The number of nitrogens with zero attached hydrogens (tertiary/aromatic N) is 1. The average Bonchev–Trinajstić information content (AvgIpc) is 2.92. The lowest BCUT2D eigenvalue weighted by molar-refractivity contribution is -0.123. The van der Waals surface area contributed by atoms with Gasteiger partial charge in [0.1, 0.15) is 0 Å². The Labute approximate surface area is 119 Å². The highest BCUT2D eigenvalue weighted by Crippen LogP contribution is 2.15. The van der Waals surface area contributed by atoms with Crippen molar-refractivity contribution in [3.8, 4) is 0 Å². The van der Waals surface area contributed by atoms with Crippen LogP contribution in [0.25, 0.3) is 0 Å². The van der Waals surface area contributed by atoms with Gasteiger partial charge in [-0.15, -0.1) is 11.3 Å². The molecule has 0 bridgehead atoms. The Kier molecular flexibility index (Phi) is 5.82. The third-order valence-electron chi connectivity index (χ3n) is 3.64. The van der Waals surface area contributed by atoms with Crippen LogP contribution in [0.2, 0.25) is 0 Å². The average molecular weight is 281 g/mol. The second-order valence-corrected chi connectivity index (χ2v) is 6.07. The third-order valence-corrected chi connectivity index (χ3v) is 4.58. The van der Waals surface area contributed by atoms with Crippen LogP contribution < -0.4 is 11.1 Å². The lowest BCUT2D eigenvalue weighted by atomic mass is 10.0. The molecule has 2 rings (SSSR count). The molecule has 0 saturated carbocycles. The Bertz CT molecular complexity index is 380. The SMILES string of the molecule is NCC1CCCCN1CC(=O)NCCc1cccs1. The molecule has 4 nitrogen and oxygen atoms in total. The lowest BCUT2D eigenvalue weighted by Crippen LogP contribution is -2.48. The summed E-state index contributed by atoms with van der Waals surface area (Å²) >= 11 is 1.74. The van der Waals surface area contributed by atoms with Crippen LogP contribution in [0.3, 0.4) is 0 Å². The number of piperidine rings is 1. The van der Waals surface area contributed by atoms with Gasteiger partial charge in [0.2, 0.25) is 5.91 Å². The van der Waals surface area contributed by atoms with Crippen molar-refractivity contribution in [2.24, 2.45) is 5.73 Å². The fraction of sp³-hybridized carbons (Fsp3) is 0.643. The predicted molar refractivity (Wildman–Crippen MR) is 79.3 cm³/mol. The fourth-order valence-electron chi connectivity index (χ4n) is 2.56. The van der Waals surface area contributed by atoms with Gasteiger partial charge in [0.15, 0.2) is 0 Å². The predicted octanol–water partition coefficient (Wildman–Crippen LogP) is 1.22. The van der Waals surface area contributed by atoms with Gasteiger partial charge in [-0.05, 0) is 37.3 Å². The van der Waals surface area contributed by atoms with E-state index in [4.69, 9.17) is 5.73 Å². The van der Waals surface area contributed by atoms with Gasteiger partial charge in [0.25, 0.3) is 0 Å². The van der Waals surface area contributed by atoms with Crippen molar-refractivity contribution >= 4 is 17.2 Å². The summed E-state index contributed by atoms with van der Waals surface area (Å²) in [5, 5.41) is 5.06. The van der Waals surface area contributed by atoms with Gasteiger partial charge in [0, 0.05) is 24.0 Å². The Morgan fingerprint density at radius 1 is 1.53 bits per heavy atom. The number of thiophene rings is 1. The van der Waals surface area contributed by atoms with Gasteiger partial charge in [-0.1, -0.05) is 12.5 Å². The minimum absolute atomic E-state index is 0.122. The van der Waals surface area contributed by atoms with Crippen molar-refractivity contribution < 1.29 is 4.79 Å². The number of amides is 1. The molecule has 106 valence electrons. The van der Waals surface area contributed by atoms with Gasteiger partial charge < -0.3 is 11.1 Å². The van der Waals surface area contributed by atoms with Gasteiger partial charge in [0.05, 0.1) is 6.54 Å². The summed E-state index contributed by atoms with van der Waals surface area (Å²) in [7, 11) is 0. The molecule has 19 heavy (non-hydrogen) atoms. The van der Waals surface area contributed by atoms with E-state index in [1.807, 2.05) is 6.07 Å². The van der Waals surface area contributed by atoms with Crippen LogP contribution in [0.5, 0.6) is 0 Å². The van der Waals surface area contributed by atoms with Crippen molar-refractivity contribution in [2.45, 2.75) is 31.7 Å². The number of carbonyl (C=O) groups excluding carboxylic acids is 1. The van der Waals surface area contributed by atoms with Crippen LogP contribution in [-0.2, 0) is 11.2 Å². The largest absolute Gasteiger partial charge is 0.355 e. The summed E-state index contributed by atoms with van der Waals surface area (Å²) in [6.45, 7) is 2.87. The minimum Gasteiger partial charge on any atom is -0.355 e. The standard InChI is InChI=1S/C14H23N3OS/c15-10-12-4-1-2-8-17(12)11-14(18)16-7-6-13-5-3-9-19-13/h3,5,9,12H,1-2,4,6-8,10-11,15H2,(H,16,18). The summed E-state index contributed by atoms with van der Waals surface area (Å²) in [6.07, 6.45) is 4.46. The number of hydrogen-bond acceptors (Lipinski definition) is 4. The van der Waals surface area contributed by atoms with Crippen LogP contribution in [-0.4, -0.2) is 43.0 Å². The first kappa shape index (κ1) is 14.5. The maximum absolute atomic E-state index is 11.9. The summed E-state index contributed by atoms with van der Waals surface area (Å²) < 4.78 is 0. The molecule has 1 aromatic heterocycles. The third kappa shape index (κ3) is 4.60. The quantitative estimate of drug-likeness (QED) is 0.824. The maximum atomic E-state index is 11.9. The molecule has 1 saturated heterocycles. The zero-order chi connectivity index (χ0) is 13.5. The summed E-state index contributed by atoms with van der Waals surface area (Å²) in [5.74, 6) is 0.122. The van der Waals surface area contributed by atoms with E-state index in [1.54, 1.807) is 11.3 Å². The second-order valence-electron chi connectivity index (χ2n) is 5.04. The summed E-state index contributed by atoms with van der Waals surface area (Å²) in [5.41, 5.74) is 5.76. The van der Waals surface area contributed by atoms with E-state index in [9.17, 15) is 4.79 Å². The zero-order valence-electron chi connectivity index (χ0n) is 11.3. The molecule has 1 aliphatic rings. The topological polar surface area (TPSA) is 58.4 Å². The number of hydrogen-bond donors (Lipinski definition) is 2. The molecule has 5 heteroatoms. The monoisotopic (exact) mass is 281 g/mol. The number of nitrogens with one attached hydrogen (secondary N) is 1. The van der Waals surface area contributed by atoms with Crippen LogP contribution in [0.1, 0.15) is 24.1 Å². The molecular weight excluding hydrogens is 258 g/mol. The maximum Gasteiger partial charge on any atom is 0.234 e. The smallest absolute Gasteiger partial charge is 0.234 e. The van der Waals surface area contributed by atoms with Crippen molar-refractivity contribution in [1.82, 2.24) is 10.2 Å². The molecule has 3 N–H and O–H groups in total. The fourth-order valence-corrected chi connectivity index (χ4v) is 3.26. The van der Waals surface area contributed by atoms with E-state index >= 15 is 0 Å². The van der Waals surface area contributed by atoms with E-state index in [1.165, 1.54) is 17.7 Å². The molecule has 2 heterocycles. The first-order valence-electron chi connectivity index (χ1n) is 7.03. The second kappa shape index (κ2) is 7.62. The van der Waals surface area contributed by atoms with Gasteiger partial charge in [-0.3, -0.25) is 9.69 Å². The molecule has 1 fully saturated rings. The highest BCUT2D eigenvalue weighted by Gasteiger charge is 2.22. The lowest BCUT2D eigenvalue weighted by Gasteiger charge is -2.34. The molecule has 1 aliphatic heterocycles. The van der Waals surface area contributed by atoms with Crippen molar-refractivity contribution in [1.29, 1.82) is 0 Å². The molecule has 0 aliphatic carbocycles. The number of nitrogens with two attached hydrogens (primary N) is 1. The van der Waals surface area contributed by atoms with Crippen LogP contribution in [0, 0.1) is 0 Å². The molecule has 1 atom stereocenters. The number of rotatable bonds is 6. The van der Waals surface area contributed by atoms with E-state index < -0.39 is 0 Å². The van der Waals surface area contributed by atoms with Crippen molar-refractivity contribution in [3.05, 3.63) is 22.4 Å². The minimum atomic E-state index is 0.122. The Morgan fingerprint density at radius 2 is 2.42 bits per heavy atom. The Balaban J connectivity index is 1.68. The highest BCUT2D eigenvalue weighted by molar-refractivity contribution is 7.09. The van der Waals surface area contributed by atoms with E-state index in [0.29, 0.717) is 19.1 Å². The van der Waals surface area contributed by atoms with E-state index in [2.05, 4.69) is 21.7 Å². The molecule has 1 unspecified atom stereocenters.